The Morgan fingerprint density at radius 2 is 1.53 bits per heavy atom. The molecule has 0 saturated heterocycles. The minimum absolute atomic E-state index is 0.178. The minimum atomic E-state index is -0.178. The third-order valence-corrected chi connectivity index (χ3v) is 2.48. The average molecular weight is 266 g/mol. The van der Waals surface area contributed by atoms with E-state index in [0.29, 0.717) is 32.7 Å². The first-order chi connectivity index (χ1) is 9.19. The second-order valence-electron chi connectivity index (χ2n) is 3.98. The van der Waals surface area contributed by atoms with Gasteiger partial charge in [0.15, 0.2) is 0 Å². The monoisotopic (exact) mass is 266 g/mol. The van der Waals surface area contributed by atoms with Gasteiger partial charge >= 0.3 is 5.97 Å². The van der Waals surface area contributed by atoms with Crippen molar-refractivity contribution in [3.05, 3.63) is 23.8 Å². The number of carbonyl (C=O) groups excluding carboxylic acids is 1. The summed E-state index contributed by atoms with van der Waals surface area (Å²) in [6.07, 6.45) is 0.995. The highest BCUT2D eigenvalue weighted by Gasteiger charge is 2.06. The van der Waals surface area contributed by atoms with Crippen molar-refractivity contribution >= 4 is 5.97 Å². The van der Waals surface area contributed by atoms with Crippen LogP contribution in [0.1, 0.15) is 32.8 Å². The van der Waals surface area contributed by atoms with Gasteiger partial charge in [-0.1, -0.05) is 0 Å². The Labute approximate surface area is 114 Å². The van der Waals surface area contributed by atoms with Crippen molar-refractivity contribution < 1.29 is 19.0 Å². The van der Waals surface area contributed by atoms with Crippen molar-refractivity contribution in [3.63, 3.8) is 0 Å². The lowest BCUT2D eigenvalue weighted by molar-refractivity contribution is -0.143. The molecule has 1 aromatic carbocycles. The molecule has 4 heteroatoms. The van der Waals surface area contributed by atoms with Crippen LogP contribution in [0.15, 0.2) is 18.2 Å². The molecule has 1 aromatic rings. The summed E-state index contributed by atoms with van der Waals surface area (Å²) in [4.78, 5) is 11.4. The molecule has 4 nitrogen and oxygen atoms in total. The zero-order valence-corrected chi connectivity index (χ0v) is 11.9. The Balaban J connectivity index is 2.72. The van der Waals surface area contributed by atoms with Gasteiger partial charge in [0.05, 0.1) is 19.8 Å². The fourth-order valence-corrected chi connectivity index (χ4v) is 1.75. The van der Waals surface area contributed by atoms with Crippen molar-refractivity contribution in [3.8, 4) is 11.5 Å². The van der Waals surface area contributed by atoms with Crippen molar-refractivity contribution in [2.45, 2.75) is 33.6 Å². The van der Waals surface area contributed by atoms with Crippen molar-refractivity contribution in [1.29, 1.82) is 0 Å². The van der Waals surface area contributed by atoms with E-state index in [9.17, 15) is 4.79 Å². The maximum Gasteiger partial charge on any atom is 0.306 e. The number of carbonyl (C=O) groups is 1. The van der Waals surface area contributed by atoms with Gasteiger partial charge in [0.25, 0.3) is 0 Å². The molecule has 1 rings (SSSR count). The van der Waals surface area contributed by atoms with Gasteiger partial charge in [0.1, 0.15) is 11.5 Å². The first kappa shape index (κ1) is 15.3. The number of aryl methyl sites for hydroxylation is 1. The van der Waals surface area contributed by atoms with Crippen LogP contribution in [0.2, 0.25) is 0 Å². The lowest BCUT2D eigenvalue weighted by Gasteiger charge is -2.10. The Morgan fingerprint density at radius 3 is 2.00 bits per heavy atom. The van der Waals surface area contributed by atoms with Crippen molar-refractivity contribution in [2.75, 3.05) is 19.8 Å². The van der Waals surface area contributed by atoms with E-state index >= 15 is 0 Å². The number of ether oxygens (including phenoxy) is 3. The Hall–Kier alpha value is -1.71. The number of esters is 1. The molecular formula is C15H22O4. The number of benzene rings is 1. The SMILES string of the molecule is CCOC(=O)CCc1cc(OCC)cc(OCC)c1. The molecular weight excluding hydrogens is 244 g/mol. The predicted octanol–water partition coefficient (Wildman–Crippen LogP) is 2.98. The second-order valence-corrected chi connectivity index (χ2v) is 3.98. The summed E-state index contributed by atoms with van der Waals surface area (Å²) in [5.41, 5.74) is 1.02. The van der Waals surface area contributed by atoms with E-state index in [-0.39, 0.29) is 5.97 Å². The molecule has 0 unspecified atom stereocenters. The van der Waals surface area contributed by atoms with Gasteiger partial charge in [-0.15, -0.1) is 0 Å². The summed E-state index contributed by atoms with van der Waals surface area (Å²) in [5.74, 6) is 1.36. The van der Waals surface area contributed by atoms with E-state index in [1.807, 2.05) is 32.0 Å². The van der Waals surface area contributed by atoms with Gasteiger partial charge in [-0.25, -0.2) is 0 Å². The molecule has 0 heterocycles. The van der Waals surface area contributed by atoms with Crippen LogP contribution in [-0.4, -0.2) is 25.8 Å². The number of rotatable bonds is 8. The number of hydrogen-bond acceptors (Lipinski definition) is 4. The maximum absolute atomic E-state index is 11.4. The van der Waals surface area contributed by atoms with E-state index in [2.05, 4.69) is 0 Å². The van der Waals surface area contributed by atoms with Crippen LogP contribution >= 0.6 is 0 Å². The minimum Gasteiger partial charge on any atom is -0.494 e. The van der Waals surface area contributed by atoms with E-state index < -0.39 is 0 Å². The van der Waals surface area contributed by atoms with Crippen LogP contribution in [0, 0.1) is 0 Å². The third kappa shape index (κ3) is 5.64. The summed E-state index contributed by atoms with van der Waals surface area (Å²) in [7, 11) is 0. The maximum atomic E-state index is 11.4. The molecule has 0 aliphatic rings. The van der Waals surface area contributed by atoms with Gasteiger partial charge in [0, 0.05) is 12.5 Å². The molecule has 0 saturated carbocycles. The third-order valence-electron chi connectivity index (χ3n) is 2.48. The number of hydrogen-bond donors (Lipinski definition) is 0. The zero-order valence-electron chi connectivity index (χ0n) is 11.9. The predicted molar refractivity (Wildman–Crippen MR) is 73.7 cm³/mol. The van der Waals surface area contributed by atoms with Crippen molar-refractivity contribution in [2.24, 2.45) is 0 Å². The Kier molecular flexibility index (Phi) is 6.79. The summed E-state index contributed by atoms with van der Waals surface area (Å²) in [5, 5.41) is 0. The highest BCUT2D eigenvalue weighted by atomic mass is 16.5. The molecule has 0 aliphatic carbocycles. The van der Waals surface area contributed by atoms with Gasteiger partial charge in [-0.2, -0.15) is 0 Å². The second kappa shape index (κ2) is 8.40. The lowest BCUT2D eigenvalue weighted by Crippen LogP contribution is -2.05. The Bertz CT molecular complexity index is 377. The van der Waals surface area contributed by atoms with E-state index in [1.165, 1.54) is 0 Å². The van der Waals surface area contributed by atoms with Gasteiger partial charge < -0.3 is 14.2 Å². The van der Waals surface area contributed by atoms with E-state index in [0.717, 1.165) is 17.1 Å². The summed E-state index contributed by atoms with van der Waals surface area (Å²) >= 11 is 0. The zero-order chi connectivity index (χ0) is 14.1. The van der Waals surface area contributed by atoms with Crippen LogP contribution in [-0.2, 0) is 16.0 Å². The summed E-state index contributed by atoms with van der Waals surface area (Å²) in [6, 6.07) is 5.73. The molecule has 19 heavy (non-hydrogen) atoms. The quantitative estimate of drug-likeness (QED) is 0.679. The summed E-state index contributed by atoms with van der Waals surface area (Å²) in [6.45, 7) is 7.31. The molecule has 0 aromatic heterocycles. The molecule has 0 amide bonds. The van der Waals surface area contributed by atoms with Crippen LogP contribution < -0.4 is 9.47 Å². The van der Waals surface area contributed by atoms with Gasteiger partial charge in [-0.05, 0) is 44.9 Å². The first-order valence-corrected chi connectivity index (χ1v) is 6.74. The molecule has 0 spiro atoms. The largest absolute Gasteiger partial charge is 0.494 e. The van der Waals surface area contributed by atoms with Crippen LogP contribution in [0.4, 0.5) is 0 Å². The molecule has 0 atom stereocenters. The van der Waals surface area contributed by atoms with E-state index in [4.69, 9.17) is 14.2 Å². The molecule has 0 aliphatic heterocycles. The standard InChI is InChI=1S/C15H22O4/c1-4-17-13-9-12(7-8-15(16)19-6-3)10-14(11-13)18-5-2/h9-11H,4-8H2,1-3H3. The molecule has 106 valence electrons. The van der Waals surface area contributed by atoms with Gasteiger partial charge in [0.2, 0.25) is 0 Å². The molecule has 0 fully saturated rings. The molecule has 0 N–H and O–H groups in total. The molecule has 0 bridgehead atoms. The highest BCUT2D eigenvalue weighted by molar-refractivity contribution is 5.69. The van der Waals surface area contributed by atoms with Crippen LogP contribution in [0.3, 0.4) is 0 Å². The van der Waals surface area contributed by atoms with Crippen molar-refractivity contribution in [1.82, 2.24) is 0 Å². The fraction of sp³-hybridized carbons (Fsp3) is 0.533. The average Bonchev–Trinajstić information content (AvgIpc) is 2.37. The first-order valence-electron chi connectivity index (χ1n) is 6.74. The van der Waals surface area contributed by atoms with E-state index in [1.54, 1.807) is 6.92 Å². The van der Waals surface area contributed by atoms with Crippen LogP contribution in [0.5, 0.6) is 11.5 Å². The van der Waals surface area contributed by atoms with Gasteiger partial charge in [-0.3, -0.25) is 4.79 Å². The normalized spacial score (nSPS) is 10.1. The Morgan fingerprint density at radius 1 is 0.947 bits per heavy atom. The molecule has 0 radical (unpaired) electrons. The highest BCUT2D eigenvalue weighted by Crippen LogP contribution is 2.24. The fourth-order valence-electron chi connectivity index (χ4n) is 1.75. The smallest absolute Gasteiger partial charge is 0.306 e. The summed E-state index contributed by atoms with van der Waals surface area (Å²) < 4.78 is 15.9. The lowest BCUT2D eigenvalue weighted by atomic mass is 10.1. The van der Waals surface area contributed by atoms with Crippen LogP contribution in [0.25, 0.3) is 0 Å². The topological polar surface area (TPSA) is 44.8 Å².